The largest absolute Gasteiger partial charge is 0.298 e. The van der Waals surface area contributed by atoms with Crippen molar-refractivity contribution in [2.75, 3.05) is 11.6 Å². The standard InChI is InChI=1S/C21H28N4O/c1-16-17(2)22-21-24(19-12-8-5-9-13-19)14-23(15-25(21)20(16)26)18-10-6-3-4-7-11-18/h5,8-9,12-13,18H,3-4,6-7,10-11,14-15H2,1-2H3. The van der Waals surface area contributed by atoms with Crippen LogP contribution < -0.4 is 10.5 Å². The maximum Gasteiger partial charge on any atom is 0.259 e. The second-order valence-electron chi connectivity index (χ2n) is 7.64. The molecule has 0 radical (unpaired) electrons. The van der Waals surface area contributed by atoms with Gasteiger partial charge in [0.15, 0.2) is 0 Å². The fraction of sp³-hybridized carbons (Fsp3) is 0.524. The maximum absolute atomic E-state index is 13.0. The Morgan fingerprint density at radius 2 is 1.65 bits per heavy atom. The van der Waals surface area contributed by atoms with E-state index < -0.39 is 0 Å². The summed E-state index contributed by atoms with van der Waals surface area (Å²) in [5, 5.41) is 0. The molecule has 1 aromatic heterocycles. The Kier molecular flexibility index (Phi) is 4.81. The van der Waals surface area contributed by atoms with Crippen LogP contribution in [0.2, 0.25) is 0 Å². The molecule has 5 heteroatoms. The fourth-order valence-corrected chi connectivity index (χ4v) is 4.21. The quantitative estimate of drug-likeness (QED) is 0.768. The minimum absolute atomic E-state index is 0.0896. The van der Waals surface area contributed by atoms with Gasteiger partial charge >= 0.3 is 0 Å². The van der Waals surface area contributed by atoms with Crippen molar-refractivity contribution >= 4 is 11.6 Å². The molecule has 1 aromatic carbocycles. The molecule has 2 aliphatic rings. The lowest BCUT2D eigenvalue weighted by Crippen LogP contribution is -2.51. The molecular formula is C21H28N4O. The summed E-state index contributed by atoms with van der Waals surface area (Å²) in [6, 6.07) is 10.9. The third kappa shape index (κ3) is 3.16. The molecule has 0 atom stereocenters. The van der Waals surface area contributed by atoms with Gasteiger partial charge in [0.05, 0.1) is 13.3 Å². The van der Waals surface area contributed by atoms with Gasteiger partial charge in [-0.15, -0.1) is 0 Å². The number of hydrogen-bond donors (Lipinski definition) is 0. The van der Waals surface area contributed by atoms with E-state index in [1.165, 1.54) is 38.5 Å². The molecule has 2 heterocycles. The lowest BCUT2D eigenvalue weighted by Gasteiger charge is -2.42. The molecule has 1 fully saturated rings. The first-order chi connectivity index (χ1) is 12.6. The highest BCUT2D eigenvalue weighted by Gasteiger charge is 2.31. The van der Waals surface area contributed by atoms with E-state index in [-0.39, 0.29) is 5.56 Å². The number of benzene rings is 1. The van der Waals surface area contributed by atoms with Gasteiger partial charge in [0.2, 0.25) is 5.95 Å². The Morgan fingerprint density at radius 1 is 0.962 bits per heavy atom. The molecule has 0 N–H and O–H groups in total. The van der Waals surface area contributed by atoms with Crippen molar-refractivity contribution in [2.45, 2.75) is 65.1 Å². The molecule has 1 aliphatic heterocycles. The number of fused-ring (bicyclic) bond motifs is 1. The van der Waals surface area contributed by atoms with E-state index in [1.54, 1.807) is 0 Å². The van der Waals surface area contributed by atoms with Gasteiger partial charge in [0.25, 0.3) is 5.56 Å². The lowest BCUT2D eigenvalue weighted by molar-refractivity contribution is 0.123. The molecule has 0 spiro atoms. The SMILES string of the molecule is Cc1nc2n(c(=O)c1C)CN(C1CCCCCC1)CN2c1ccccc1. The molecule has 138 valence electrons. The predicted octanol–water partition coefficient (Wildman–Crippen LogP) is 3.95. The average molecular weight is 352 g/mol. The smallest absolute Gasteiger partial charge is 0.259 e. The van der Waals surface area contributed by atoms with E-state index >= 15 is 0 Å². The van der Waals surface area contributed by atoms with Crippen molar-refractivity contribution in [3.8, 4) is 0 Å². The average Bonchev–Trinajstić information content (AvgIpc) is 2.96. The van der Waals surface area contributed by atoms with E-state index in [4.69, 9.17) is 4.98 Å². The van der Waals surface area contributed by atoms with Crippen molar-refractivity contribution in [3.05, 3.63) is 51.9 Å². The third-order valence-electron chi connectivity index (χ3n) is 5.91. The number of para-hydroxylation sites is 1. The van der Waals surface area contributed by atoms with Crippen LogP contribution in [0.4, 0.5) is 11.6 Å². The minimum atomic E-state index is 0.0896. The number of rotatable bonds is 2. The molecule has 0 saturated heterocycles. The van der Waals surface area contributed by atoms with Gasteiger partial charge in [-0.25, -0.2) is 4.98 Å². The molecule has 4 rings (SSSR count). The van der Waals surface area contributed by atoms with Crippen molar-refractivity contribution in [2.24, 2.45) is 0 Å². The Hall–Kier alpha value is -2.14. The van der Waals surface area contributed by atoms with Crippen molar-refractivity contribution in [1.82, 2.24) is 14.5 Å². The molecule has 1 saturated carbocycles. The Labute approximate surface area is 155 Å². The molecule has 0 amide bonds. The molecular weight excluding hydrogens is 324 g/mol. The predicted molar refractivity (Wildman–Crippen MR) is 105 cm³/mol. The zero-order chi connectivity index (χ0) is 18.1. The first-order valence-electron chi connectivity index (χ1n) is 9.80. The van der Waals surface area contributed by atoms with Gasteiger partial charge in [0, 0.05) is 23.0 Å². The summed E-state index contributed by atoms with van der Waals surface area (Å²) in [6.45, 7) is 5.26. The van der Waals surface area contributed by atoms with Crippen molar-refractivity contribution < 1.29 is 0 Å². The normalized spacial score (nSPS) is 19.2. The van der Waals surface area contributed by atoms with E-state index in [0.717, 1.165) is 29.6 Å². The first kappa shape index (κ1) is 17.3. The monoisotopic (exact) mass is 352 g/mol. The van der Waals surface area contributed by atoms with Gasteiger partial charge in [-0.3, -0.25) is 19.2 Å². The van der Waals surface area contributed by atoms with Crippen LogP contribution in [0.3, 0.4) is 0 Å². The first-order valence-corrected chi connectivity index (χ1v) is 9.80. The van der Waals surface area contributed by atoms with Crippen LogP contribution >= 0.6 is 0 Å². The number of aryl methyl sites for hydroxylation is 1. The summed E-state index contributed by atoms with van der Waals surface area (Å²) in [4.78, 5) is 22.4. The Balaban J connectivity index is 1.77. The highest BCUT2D eigenvalue weighted by atomic mass is 16.1. The van der Waals surface area contributed by atoms with Crippen LogP contribution in [-0.2, 0) is 6.67 Å². The molecule has 1 aliphatic carbocycles. The van der Waals surface area contributed by atoms with Crippen LogP contribution in [0.25, 0.3) is 0 Å². The molecule has 26 heavy (non-hydrogen) atoms. The molecule has 0 bridgehead atoms. The summed E-state index contributed by atoms with van der Waals surface area (Å²) < 4.78 is 1.86. The topological polar surface area (TPSA) is 41.4 Å². The van der Waals surface area contributed by atoms with Crippen LogP contribution in [0.5, 0.6) is 0 Å². The van der Waals surface area contributed by atoms with Gasteiger partial charge in [-0.1, -0.05) is 43.9 Å². The zero-order valence-corrected chi connectivity index (χ0v) is 15.8. The summed E-state index contributed by atoms with van der Waals surface area (Å²) in [5.41, 5.74) is 2.76. The number of aromatic nitrogens is 2. The van der Waals surface area contributed by atoms with Gasteiger partial charge < -0.3 is 0 Å². The number of hydrogen-bond acceptors (Lipinski definition) is 4. The molecule has 0 unspecified atom stereocenters. The number of nitrogens with zero attached hydrogens (tertiary/aromatic N) is 4. The summed E-state index contributed by atoms with van der Waals surface area (Å²) in [7, 11) is 0. The molecule has 5 nitrogen and oxygen atoms in total. The van der Waals surface area contributed by atoms with E-state index in [1.807, 2.05) is 36.6 Å². The van der Waals surface area contributed by atoms with Crippen molar-refractivity contribution in [1.29, 1.82) is 0 Å². The zero-order valence-electron chi connectivity index (χ0n) is 15.8. The van der Waals surface area contributed by atoms with E-state index in [9.17, 15) is 4.79 Å². The van der Waals surface area contributed by atoms with Crippen LogP contribution in [0.1, 0.15) is 49.8 Å². The second-order valence-corrected chi connectivity index (χ2v) is 7.64. The van der Waals surface area contributed by atoms with Gasteiger partial charge in [0.1, 0.15) is 0 Å². The Morgan fingerprint density at radius 3 is 2.35 bits per heavy atom. The van der Waals surface area contributed by atoms with Crippen LogP contribution in [0.15, 0.2) is 35.1 Å². The summed E-state index contributed by atoms with van der Waals surface area (Å²) in [6.07, 6.45) is 7.71. The van der Waals surface area contributed by atoms with Crippen LogP contribution in [-0.4, -0.2) is 27.2 Å². The minimum Gasteiger partial charge on any atom is -0.298 e. The van der Waals surface area contributed by atoms with Gasteiger partial charge in [-0.2, -0.15) is 0 Å². The molecule has 2 aromatic rings. The lowest BCUT2D eigenvalue weighted by atomic mass is 10.1. The Bertz CT molecular complexity index is 822. The van der Waals surface area contributed by atoms with E-state index in [2.05, 4.69) is 21.9 Å². The summed E-state index contributed by atoms with van der Waals surface area (Å²) >= 11 is 0. The second kappa shape index (κ2) is 7.23. The van der Waals surface area contributed by atoms with Gasteiger partial charge in [-0.05, 0) is 38.8 Å². The maximum atomic E-state index is 13.0. The highest BCUT2D eigenvalue weighted by molar-refractivity contribution is 5.58. The summed E-state index contributed by atoms with van der Waals surface area (Å²) in [5.74, 6) is 0.772. The van der Waals surface area contributed by atoms with Crippen LogP contribution in [0, 0.1) is 13.8 Å². The fourth-order valence-electron chi connectivity index (χ4n) is 4.21. The number of anilines is 2. The van der Waals surface area contributed by atoms with E-state index in [0.29, 0.717) is 12.7 Å². The third-order valence-corrected chi connectivity index (χ3v) is 5.91. The highest BCUT2D eigenvalue weighted by Crippen LogP contribution is 2.31. The van der Waals surface area contributed by atoms with Crippen molar-refractivity contribution in [3.63, 3.8) is 0 Å².